The van der Waals surface area contributed by atoms with Crippen molar-refractivity contribution in [2.75, 3.05) is 0 Å². The van der Waals surface area contributed by atoms with Crippen LogP contribution in [0.25, 0.3) is 10.8 Å². The molecule has 4 heteroatoms. The van der Waals surface area contributed by atoms with E-state index in [1.165, 1.54) is 0 Å². The van der Waals surface area contributed by atoms with Crippen LogP contribution in [0.15, 0.2) is 76.0 Å². The van der Waals surface area contributed by atoms with Crippen LogP contribution in [0.1, 0.15) is 18.1 Å². The van der Waals surface area contributed by atoms with Crippen molar-refractivity contribution in [1.82, 2.24) is 0 Å². The second-order valence-electron chi connectivity index (χ2n) is 5.53. The van der Waals surface area contributed by atoms with Crippen molar-refractivity contribution in [2.45, 2.75) is 18.7 Å². The van der Waals surface area contributed by atoms with Crippen LogP contribution in [-0.4, -0.2) is 14.1 Å². The highest BCUT2D eigenvalue weighted by molar-refractivity contribution is 7.90. The summed E-state index contributed by atoms with van der Waals surface area (Å²) in [7, 11) is -3.69. The van der Waals surface area contributed by atoms with Gasteiger partial charge in [-0.15, -0.1) is 0 Å². The summed E-state index contributed by atoms with van der Waals surface area (Å²) in [4.78, 5) is 0.211. The van der Waals surface area contributed by atoms with Crippen molar-refractivity contribution in [3.63, 3.8) is 0 Å². The molecule has 116 valence electrons. The first-order valence-electron chi connectivity index (χ1n) is 7.33. The van der Waals surface area contributed by atoms with Crippen LogP contribution < -0.4 is 0 Å². The van der Waals surface area contributed by atoms with Gasteiger partial charge in [-0.2, -0.15) is 12.8 Å². The van der Waals surface area contributed by atoms with E-state index in [1.807, 2.05) is 49.4 Å². The van der Waals surface area contributed by atoms with Crippen LogP contribution in [0.3, 0.4) is 0 Å². The molecule has 3 rings (SSSR count). The van der Waals surface area contributed by atoms with E-state index >= 15 is 0 Å². The van der Waals surface area contributed by atoms with E-state index in [9.17, 15) is 8.42 Å². The third-order valence-corrected chi connectivity index (χ3v) is 5.13. The minimum Gasteiger partial charge on any atom is -0.199 e. The Morgan fingerprint density at radius 2 is 1.52 bits per heavy atom. The average molecular weight is 323 g/mol. The smallest absolute Gasteiger partial charge is 0.199 e. The monoisotopic (exact) mass is 323 g/mol. The van der Waals surface area contributed by atoms with Gasteiger partial charge in [0.1, 0.15) is 0 Å². The molecule has 0 saturated carbocycles. The molecule has 0 bridgehead atoms. The van der Waals surface area contributed by atoms with E-state index in [0.717, 1.165) is 21.9 Å². The van der Waals surface area contributed by atoms with Crippen LogP contribution >= 0.6 is 0 Å². The van der Waals surface area contributed by atoms with Gasteiger partial charge in [0, 0.05) is 0 Å². The molecule has 0 atom stereocenters. The minimum absolute atomic E-state index is 0.211. The number of hydrogen-bond donors (Lipinski definition) is 0. The summed E-state index contributed by atoms with van der Waals surface area (Å²) in [6.07, 6.45) is 0. The molecule has 0 aliphatic rings. The fourth-order valence-corrected chi connectivity index (χ4v) is 3.46. The maximum atomic E-state index is 12.4. The molecule has 0 radical (unpaired) electrons. The lowest BCUT2D eigenvalue weighted by Crippen LogP contribution is -2.03. The summed E-state index contributed by atoms with van der Waals surface area (Å²) in [6, 6.07) is 20.5. The zero-order valence-electron chi connectivity index (χ0n) is 13.0. The molecule has 0 aromatic heterocycles. The molecule has 3 aromatic rings. The minimum atomic E-state index is -3.69. The molecule has 0 amide bonds. The lowest BCUT2D eigenvalue weighted by atomic mass is 10.1. The molecule has 3 aromatic carbocycles. The van der Waals surface area contributed by atoms with E-state index in [-0.39, 0.29) is 4.90 Å². The van der Waals surface area contributed by atoms with Gasteiger partial charge in [0.05, 0.1) is 10.6 Å². The van der Waals surface area contributed by atoms with Gasteiger partial charge in [-0.25, -0.2) is 0 Å². The van der Waals surface area contributed by atoms with Crippen molar-refractivity contribution < 1.29 is 8.42 Å². The summed E-state index contributed by atoms with van der Waals surface area (Å²) >= 11 is 0. The van der Waals surface area contributed by atoms with Gasteiger partial charge in [0.2, 0.25) is 0 Å². The second-order valence-corrected chi connectivity index (χ2v) is 7.13. The van der Waals surface area contributed by atoms with Crippen LogP contribution in [0, 0.1) is 6.92 Å². The van der Waals surface area contributed by atoms with Crippen molar-refractivity contribution in [1.29, 1.82) is 0 Å². The van der Waals surface area contributed by atoms with Gasteiger partial charge in [-0.05, 0) is 48.4 Å². The number of nitrogens with zero attached hydrogens (tertiary/aromatic N) is 1. The third-order valence-electron chi connectivity index (χ3n) is 3.74. The second kappa shape index (κ2) is 5.97. The molecular formula is C19H17NO2S. The molecule has 0 aliphatic heterocycles. The van der Waals surface area contributed by atoms with Gasteiger partial charge in [-0.1, -0.05) is 54.1 Å². The van der Waals surface area contributed by atoms with Crippen LogP contribution in [0.5, 0.6) is 0 Å². The topological polar surface area (TPSA) is 46.5 Å². The van der Waals surface area contributed by atoms with E-state index in [4.69, 9.17) is 0 Å². The van der Waals surface area contributed by atoms with E-state index in [1.54, 1.807) is 31.2 Å². The predicted molar refractivity (Wildman–Crippen MR) is 94.5 cm³/mol. The van der Waals surface area contributed by atoms with Crippen LogP contribution in [0.2, 0.25) is 0 Å². The first-order valence-corrected chi connectivity index (χ1v) is 8.77. The molecule has 0 fully saturated rings. The van der Waals surface area contributed by atoms with E-state index < -0.39 is 10.0 Å². The van der Waals surface area contributed by atoms with Crippen molar-refractivity contribution >= 4 is 26.5 Å². The maximum Gasteiger partial charge on any atom is 0.282 e. The summed E-state index contributed by atoms with van der Waals surface area (Å²) in [5.41, 5.74) is 2.30. The average Bonchev–Trinajstić information content (AvgIpc) is 2.54. The molecule has 0 heterocycles. The first-order chi connectivity index (χ1) is 11.0. The molecule has 0 unspecified atom stereocenters. The molecule has 3 nitrogen and oxygen atoms in total. The Balaban J connectivity index is 2.01. The van der Waals surface area contributed by atoms with Gasteiger partial charge >= 0.3 is 0 Å². The zero-order valence-corrected chi connectivity index (χ0v) is 13.8. The Hall–Kier alpha value is -2.46. The largest absolute Gasteiger partial charge is 0.282 e. The van der Waals surface area contributed by atoms with Gasteiger partial charge in [0.25, 0.3) is 10.0 Å². The Kier molecular flexibility index (Phi) is 4.01. The number of benzene rings is 3. The lowest BCUT2D eigenvalue weighted by Gasteiger charge is -2.05. The fraction of sp³-hybridized carbons (Fsp3) is 0.105. The summed E-state index contributed by atoms with van der Waals surface area (Å²) in [5, 5.41) is 2.18. The fourth-order valence-electron chi connectivity index (χ4n) is 2.41. The summed E-state index contributed by atoms with van der Waals surface area (Å²) in [6.45, 7) is 3.63. The highest BCUT2D eigenvalue weighted by Crippen LogP contribution is 2.18. The standard InChI is InChI=1S/C19H17NO2S/c1-14-7-11-19(12-8-14)23(21,22)20-15(2)17-10-9-16-5-3-4-6-18(16)13-17/h3-13H,1-2H3/b20-15-. The number of sulfonamides is 1. The van der Waals surface area contributed by atoms with Crippen molar-refractivity contribution in [3.8, 4) is 0 Å². The Morgan fingerprint density at radius 3 is 2.22 bits per heavy atom. The summed E-state index contributed by atoms with van der Waals surface area (Å²) in [5.74, 6) is 0. The zero-order chi connectivity index (χ0) is 16.4. The predicted octanol–water partition coefficient (Wildman–Crippen LogP) is 4.35. The number of aryl methyl sites for hydroxylation is 1. The van der Waals surface area contributed by atoms with Crippen molar-refractivity contribution in [3.05, 3.63) is 77.9 Å². The highest BCUT2D eigenvalue weighted by atomic mass is 32.2. The van der Waals surface area contributed by atoms with Crippen LogP contribution in [0.4, 0.5) is 0 Å². The molecule has 0 saturated heterocycles. The first kappa shape index (κ1) is 15.4. The van der Waals surface area contributed by atoms with E-state index in [0.29, 0.717) is 5.71 Å². The molecule has 0 aliphatic carbocycles. The van der Waals surface area contributed by atoms with Crippen molar-refractivity contribution in [2.24, 2.45) is 4.40 Å². The normalized spacial score (nSPS) is 12.5. The lowest BCUT2D eigenvalue weighted by molar-refractivity contribution is 0.598. The third kappa shape index (κ3) is 3.32. The summed E-state index contributed by atoms with van der Waals surface area (Å²) < 4.78 is 28.8. The SMILES string of the molecule is C/C(=N/S(=O)(=O)c1ccc(C)cc1)c1ccc2ccccc2c1. The Labute approximate surface area is 136 Å². The van der Waals surface area contributed by atoms with Crippen LogP contribution in [-0.2, 0) is 10.0 Å². The Morgan fingerprint density at radius 1 is 0.870 bits per heavy atom. The molecule has 0 N–H and O–H groups in total. The quantitative estimate of drug-likeness (QED) is 0.673. The van der Waals surface area contributed by atoms with Gasteiger partial charge in [-0.3, -0.25) is 0 Å². The van der Waals surface area contributed by atoms with Gasteiger partial charge < -0.3 is 0 Å². The number of hydrogen-bond acceptors (Lipinski definition) is 2. The number of fused-ring (bicyclic) bond motifs is 1. The highest BCUT2D eigenvalue weighted by Gasteiger charge is 2.13. The molecular weight excluding hydrogens is 306 g/mol. The molecule has 23 heavy (non-hydrogen) atoms. The number of rotatable bonds is 3. The molecule has 0 spiro atoms. The Bertz CT molecular complexity index is 987. The van der Waals surface area contributed by atoms with E-state index in [2.05, 4.69) is 4.40 Å². The van der Waals surface area contributed by atoms with Gasteiger partial charge in [0.15, 0.2) is 0 Å². The maximum absolute atomic E-state index is 12.4.